The molecule has 0 aliphatic heterocycles. The molecule has 0 amide bonds. The Morgan fingerprint density at radius 3 is 2.53 bits per heavy atom. The van der Waals surface area contributed by atoms with Crippen molar-refractivity contribution in [3.8, 4) is 0 Å². The van der Waals surface area contributed by atoms with E-state index in [0.29, 0.717) is 6.54 Å². The molecule has 1 aromatic rings. The van der Waals surface area contributed by atoms with Gasteiger partial charge in [-0.15, -0.1) is 0 Å². The summed E-state index contributed by atoms with van der Waals surface area (Å²) in [4.78, 5) is 3.95. The highest BCUT2D eigenvalue weighted by atomic mass is 32.2. The van der Waals surface area contributed by atoms with Gasteiger partial charge in [0.2, 0.25) is 10.0 Å². The Kier molecular flexibility index (Phi) is 6.10. The number of aromatic nitrogens is 1. The predicted octanol–water partition coefficient (Wildman–Crippen LogP) is 0.153. The van der Waals surface area contributed by atoms with Gasteiger partial charge in [0.1, 0.15) is 0 Å². The van der Waals surface area contributed by atoms with Crippen LogP contribution in [-0.4, -0.2) is 39.3 Å². The van der Waals surface area contributed by atoms with E-state index in [1.165, 1.54) is 11.8 Å². The van der Waals surface area contributed by atoms with Crippen LogP contribution in [0, 0.1) is 0 Å². The fourth-order valence-corrected chi connectivity index (χ4v) is 1.89. The lowest BCUT2D eigenvalue weighted by atomic mass is 10.2. The van der Waals surface area contributed by atoms with Gasteiger partial charge in [0.05, 0.1) is 6.26 Å². The van der Waals surface area contributed by atoms with Gasteiger partial charge < -0.3 is 5.32 Å². The average molecular weight is 257 g/mol. The summed E-state index contributed by atoms with van der Waals surface area (Å²) < 4.78 is 24.0. The summed E-state index contributed by atoms with van der Waals surface area (Å²) in [5, 5.41) is 3.26. The number of nitrogens with one attached hydrogen (secondary N) is 2. The molecule has 1 aromatic heterocycles. The second kappa shape index (κ2) is 7.37. The summed E-state index contributed by atoms with van der Waals surface area (Å²) in [5.74, 6) is 0. The zero-order valence-corrected chi connectivity index (χ0v) is 10.8. The number of hydrogen-bond acceptors (Lipinski definition) is 4. The fourth-order valence-electron chi connectivity index (χ4n) is 1.38. The zero-order chi connectivity index (χ0) is 12.6. The van der Waals surface area contributed by atoms with Crippen molar-refractivity contribution in [1.29, 1.82) is 0 Å². The number of hydrogen-bond donors (Lipinski definition) is 2. The monoisotopic (exact) mass is 257 g/mol. The van der Waals surface area contributed by atoms with E-state index in [0.717, 1.165) is 25.9 Å². The van der Waals surface area contributed by atoms with Gasteiger partial charge in [-0.1, -0.05) is 0 Å². The van der Waals surface area contributed by atoms with Gasteiger partial charge in [-0.2, -0.15) is 0 Å². The maximum atomic E-state index is 10.8. The molecule has 17 heavy (non-hydrogen) atoms. The summed E-state index contributed by atoms with van der Waals surface area (Å²) >= 11 is 0. The van der Waals surface area contributed by atoms with E-state index in [9.17, 15) is 8.42 Å². The van der Waals surface area contributed by atoms with E-state index >= 15 is 0 Å². The van der Waals surface area contributed by atoms with Gasteiger partial charge >= 0.3 is 0 Å². The maximum Gasteiger partial charge on any atom is 0.208 e. The van der Waals surface area contributed by atoms with Gasteiger partial charge in [-0.3, -0.25) is 4.98 Å². The van der Waals surface area contributed by atoms with E-state index in [1.54, 1.807) is 12.4 Å². The third-order valence-electron chi connectivity index (χ3n) is 2.23. The lowest BCUT2D eigenvalue weighted by Crippen LogP contribution is -2.27. The Morgan fingerprint density at radius 1 is 1.18 bits per heavy atom. The first-order valence-corrected chi connectivity index (χ1v) is 7.51. The van der Waals surface area contributed by atoms with Crippen LogP contribution in [0.15, 0.2) is 24.5 Å². The molecule has 0 radical (unpaired) electrons. The fraction of sp³-hybridized carbons (Fsp3) is 0.545. The van der Waals surface area contributed by atoms with Gasteiger partial charge in [0.25, 0.3) is 0 Å². The van der Waals surface area contributed by atoms with Crippen molar-refractivity contribution in [3.63, 3.8) is 0 Å². The SMILES string of the molecule is CS(=O)(=O)NCCCNCCc1ccncc1. The zero-order valence-electron chi connectivity index (χ0n) is 10.0. The van der Waals surface area contributed by atoms with Crippen LogP contribution >= 0.6 is 0 Å². The van der Waals surface area contributed by atoms with E-state index in [4.69, 9.17) is 0 Å². The second-order valence-corrected chi connectivity index (χ2v) is 5.71. The number of pyridine rings is 1. The molecule has 0 aliphatic rings. The number of sulfonamides is 1. The smallest absolute Gasteiger partial charge is 0.208 e. The molecule has 2 N–H and O–H groups in total. The van der Waals surface area contributed by atoms with Crippen LogP contribution in [0.4, 0.5) is 0 Å². The first-order valence-electron chi connectivity index (χ1n) is 5.62. The van der Waals surface area contributed by atoms with Crippen LogP contribution < -0.4 is 10.0 Å². The second-order valence-electron chi connectivity index (χ2n) is 3.88. The minimum atomic E-state index is -3.04. The Labute approximate surface area is 103 Å². The molecule has 0 fully saturated rings. The first-order chi connectivity index (χ1) is 8.08. The highest BCUT2D eigenvalue weighted by Gasteiger charge is 1.98. The molecule has 0 spiro atoms. The quantitative estimate of drug-likeness (QED) is 0.651. The summed E-state index contributed by atoms with van der Waals surface area (Å²) in [5.41, 5.74) is 1.25. The van der Waals surface area contributed by atoms with Gasteiger partial charge in [0, 0.05) is 18.9 Å². The Bertz CT molecular complexity index is 406. The Hall–Kier alpha value is -0.980. The van der Waals surface area contributed by atoms with Gasteiger partial charge in [-0.05, 0) is 43.6 Å². The minimum Gasteiger partial charge on any atom is -0.316 e. The van der Waals surface area contributed by atoms with Crippen molar-refractivity contribution in [2.24, 2.45) is 0 Å². The Balaban J connectivity index is 1.99. The molecule has 1 heterocycles. The molecule has 0 saturated carbocycles. The van der Waals surface area contributed by atoms with Crippen molar-refractivity contribution < 1.29 is 8.42 Å². The van der Waals surface area contributed by atoms with Crippen molar-refractivity contribution in [1.82, 2.24) is 15.0 Å². The van der Waals surface area contributed by atoms with Crippen LogP contribution in [0.2, 0.25) is 0 Å². The first kappa shape index (κ1) is 14.1. The highest BCUT2D eigenvalue weighted by molar-refractivity contribution is 7.88. The van der Waals surface area contributed by atoms with E-state index in [-0.39, 0.29) is 0 Å². The Morgan fingerprint density at radius 2 is 1.88 bits per heavy atom. The minimum absolute atomic E-state index is 0.487. The van der Waals surface area contributed by atoms with Crippen LogP contribution in [0.3, 0.4) is 0 Å². The predicted molar refractivity (Wildman–Crippen MR) is 68.3 cm³/mol. The normalized spacial score (nSPS) is 11.6. The van der Waals surface area contributed by atoms with Crippen LogP contribution in [0.25, 0.3) is 0 Å². The van der Waals surface area contributed by atoms with Gasteiger partial charge in [-0.25, -0.2) is 13.1 Å². The van der Waals surface area contributed by atoms with E-state index in [1.807, 2.05) is 12.1 Å². The van der Waals surface area contributed by atoms with Crippen LogP contribution in [0.5, 0.6) is 0 Å². The van der Waals surface area contributed by atoms with Crippen molar-refractivity contribution in [3.05, 3.63) is 30.1 Å². The van der Waals surface area contributed by atoms with Crippen LogP contribution in [-0.2, 0) is 16.4 Å². The largest absolute Gasteiger partial charge is 0.316 e. The lowest BCUT2D eigenvalue weighted by molar-refractivity contribution is 0.579. The standard InChI is InChI=1S/C11H19N3O2S/c1-17(15,16)14-7-2-6-12-8-3-11-4-9-13-10-5-11/h4-5,9-10,12,14H,2-3,6-8H2,1H3. The van der Waals surface area contributed by atoms with E-state index < -0.39 is 10.0 Å². The molecule has 96 valence electrons. The van der Waals surface area contributed by atoms with Crippen molar-refractivity contribution >= 4 is 10.0 Å². The molecule has 0 aromatic carbocycles. The molecular weight excluding hydrogens is 238 g/mol. The molecule has 1 rings (SSSR count). The third-order valence-corrected chi connectivity index (χ3v) is 2.96. The van der Waals surface area contributed by atoms with E-state index in [2.05, 4.69) is 15.0 Å². The molecule has 0 bridgehead atoms. The summed E-state index contributed by atoms with van der Waals surface area (Å²) in [6.07, 6.45) is 6.49. The number of nitrogens with zero attached hydrogens (tertiary/aromatic N) is 1. The molecule has 5 nitrogen and oxygen atoms in total. The van der Waals surface area contributed by atoms with Crippen molar-refractivity contribution in [2.75, 3.05) is 25.9 Å². The summed E-state index contributed by atoms with van der Waals surface area (Å²) in [6.45, 7) is 2.19. The van der Waals surface area contributed by atoms with Gasteiger partial charge in [0.15, 0.2) is 0 Å². The molecule has 0 unspecified atom stereocenters. The number of rotatable bonds is 8. The summed E-state index contributed by atoms with van der Waals surface area (Å²) in [6, 6.07) is 3.99. The summed E-state index contributed by atoms with van der Waals surface area (Å²) in [7, 11) is -3.04. The highest BCUT2D eigenvalue weighted by Crippen LogP contribution is 1.95. The lowest BCUT2D eigenvalue weighted by Gasteiger charge is -2.05. The molecule has 0 aliphatic carbocycles. The molecule has 0 atom stereocenters. The van der Waals surface area contributed by atoms with Crippen molar-refractivity contribution in [2.45, 2.75) is 12.8 Å². The topological polar surface area (TPSA) is 71.1 Å². The molecule has 0 saturated heterocycles. The third kappa shape index (κ3) is 7.84. The molecular formula is C11H19N3O2S. The maximum absolute atomic E-state index is 10.8. The van der Waals surface area contributed by atoms with Crippen LogP contribution in [0.1, 0.15) is 12.0 Å². The molecule has 6 heteroatoms. The average Bonchev–Trinajstić information content (AvgIpc) is 2.28.